The van der Waals surface area contributed by atoms with Crippen molar-refractivity contribution in [2.45, 2.75) is 42.9 Å². The Morgan fingerprint density at radius 2 is 2.28 bits per heavy atom. The molecule has 18 heavy (non-hydrogen) atoms. The van der Waals surface area contributed by atoms with Crippen molar-refractivity contribution in [1.82, 2.24) is 0 Å². The maximum Gasteiger partial charge on any atom is 0.294 e. The van der Waals surface area contributed by atoms with Crippen molar-refractivity contribution in [3.8, 4) is 0 Å². The Bertz CT molecular complexity index is 425. The summed E-state index contributed by atoms with van der Waals surface area (Å²) in [4.78, 5) is 11.3. The molecular formula is C12H17NO3S2. The van der Waals surface area contributed by atoms with Crippen molar-refractivity contribution < 1.29 is 10.0 Å². The number of aliphatic hydroxyl groups is 1. The molecule has 1 N–H and O–H groups in total. The van der Waals surface area contributed by atoms with Crippen LogP contribution in [0.4, 0.5) is 5.69 Å². The highest BCUT2D eigenvalue weighted by Gasteiger charge is 2.23. The minimum Gasteiger partial charge on any atom is -0.388 e. The van der Waals surface area contributed by atoms with Gasteiger partial charge in [0.1, 0.15) is 4.21 Å². The fourth-order valence-electron chi connectivity index (χ4n) is 2.19. The van der Waals surface area contributed by atoms with Crippen molar-refractivity contribution >= 4 is 28.8 Å². The Kier molecular flexibility index (Phi) is 4.64. The van der Waals surface area contributed by atoms with Crippen LogP contribution in [-0.2, 0) is 0 Å². The second-order valence-corrected chi connectivity index (χ2v) is 7.09. The molecule has 1 heterocycles. The number of rotatable bonds is 5. The summed E-state index contributed by atoms with van der Waals surface area (Å²) >= 11 is 2.93. The highest BCUT2D eigenvalue weighted by molar-refractivity contribution is 8.01. The number of thioether (sulfide) groups is 1. The average molecular weight is 287 g/mol. The zero-order valence-electron chi connectivity index (χ0n) is 10.3. The molecule has 0 saturated heterocycles. The van der Waals surface area contributed by atoms with Gasteiger partial charge >= 0.3 is 0 Å². The Morgan fingerprint density at radius 1 is 1.61 bits per heavy atom. The quantitative estimate of drug-likeness (QED) is 0.505. The maximum atomic E-state index is 11.0. The first-order chi connectivity index (χ1) is 8.58. The van der Waals surface area contributed by atoms with Crippen LogP contribution in [0.25, 0.3) is 0 Å². The molecule has 6 heteroatoms. The molecule has 4 nitrogen and oxygen atoms in total. The number of nitrogens with zero attached hydrogens (tertiary/aromatic N) is 1. The smallest absolute Gasteiger partial charge is 0.294 e. The highest BCUT2D eigenvalue weighted by Crippen LogP contribution is 2.41. The van der Waals surface area contributed by atoms with E-state index in [0.29, 0.717) is 10.8 Å². The fraction of sp³-hybridized carbons (Fsp3) is 0.667. The molecular weight excluding hydrogens is 270 g/mol. The average Bonchev–Trinajstić information content (AvgIpc) is 2.95. The van der Waals surface area contributed by atoms with Crippen molar-refractivity contribution in [2.24, 2.45) is 5.92 Å². The zero-order chi connectivity index (χ0) is 13.1. The largest absolute Gasteiger partial charge is 0.388 e. The first-order valence-electron chi connectivity index (χ1n) is 6.17. The third-order valence-electron chi connectivity index (χ3n) is 3.23. The van der Waals surface area contributed by atoms with Gasteiger partial charge in [-0.2, -0.15) is 0 Å². The normalized spacial score (nSPS) is 18.1. The van der Waals surface area contributed by atoms with Gasteiger partial charge in [-0.15, -0.1) is 23.1 Å². The van der Waals surface area contributed by atoms with E-state index in [1.54, 1.807) is 18.7 Å². The Balaban J connectivity index is 2.07. The van der Waals surface area contributed by atoms with Crippen LogP contribution in [0.15, 0.2) is 10.3 Å². The first-order valence-corrected chi connectivity index (χ1v) is 7.97. The summed E-state index contributed by atoms with van der Waals surface area (Å²) in [6.45, 7) is 1.64. The van der Waals surface area contributed by atoms with Gasteiger partial charge < -0.3 is 5.11 Å². The van der Waals surface area contributed by atoms with Crippen molar-refractivity contribution in [3.63, 3.8) is 0 Å². The van der Waals surface area contributed by atoms with Gasteiger partial charge in [-0.3, -0.25) is 10.1 Å². The van der Waals surface area contributed by atoms with Crippen LogP contribution in [0, 0.1) is 16.0 Å². The Morgan fingerprint density at radius 3 is 2.83 bits per heavy atom. The van der Waals surface area contributed by atoms with E-state index in [-0.39, 0.29) is 10.6 Å². The van der Waals surface area contributed by atoms with Crippen LogP contribution < -0.4 is 0 Å². The van der Waals surface area contributed by atoms with Gasteiger partial charge in [0.15, 0.2) is 0 Å². The van der Waals surface area contributed by atoms with Crippen LogP contribution in [-0.4, -0.2) is 15.8 Å². The monoisotopic (exact) mass is 287 g/mol. The molecule has 1 aromatic rings. The summed E-state index contributed by atoms with van der Waals surface area (Å²) in [5, 5.41) is 20.5. The summed E-state index contributed by atoms with van der Waals surface area (Å²) in [5.74, 6) is 1.66. The third kappa shape index (κ3) is 3.24. The molecule has 0 spiro atoms. The SMILES string of the molecule is CC(O)c1cc([N+](=O)[O-])c(SCC2CCCC2)s1. The zero-order valence-corrected chi connectivity index (χ0v) is 11.9. The van der Waals surface area contributed by atoms with E-state index in [9.17, 15) is 15.2 Å². The summed E-state index contributed by atoms with van der Waals surface area (Å²) in [7, 11) is 0. The lowest BCUT2D eigenvalue weighted by Crippen LogP contribution is -1.96. The van der Waals surface area contributed by atoms with Gasteiger partial charge in [-0.05, 0) is 25.7 Å². The number of hydrogen-bond donors (Lipinski definition) is 1. The van der Waals surface area contributed by atoms with Gasteiger partial charge in [0.05, 0.1) is 11.0 Å². The van der Waals surface area contributed by atoms with Gasteiger partial charge in [-0.25, -0.2) is 0 Å². The van der Waals surface area contributed by atoms with Gasteiger partial charge in [0.25, 0.3) is 5.69 Å². The molecule has 100 valence electrons. The molecule has 0 amide bonds. The van der Waals surface area contributed by atoms with Crippen LogP contribution in [0.5, 0.6) is 0 Å². The highest BCUT2D eigenvalue weighted by atomic mass is 32.2. The first kappa shape index (κ1) is 13.8. The number of nitro groups is 1. The molecule has 0 aliphatic heterocycles. The topological polar surface area (TPSA) is 63.4 Å². The number of aliphatic hydroxyl groups excluding tert-OH is 1. The molecule has 1 saturated carbocycles. The Hall–Kier alpha value is -0.590. The predicted octanol–water partition coefficient (Wildman–Crippen LogP) is 3.99. The van der Waals surface area contributed by atoms with Gasteiger partial charge in [0.2, 0.25) is 0 Å². The summed E-state index contributed by atoms with van der Waals surface area (Å²) in [6, 6.07) is 1.51. The van der Waals surface area contributed by atoms with E-state index in [0.717, 1.165) is 9.96 Å². The van der Waals surface area contributed by atoms with Gasteiger partial charge in [0, 0.05) is 16.7 Å². The van der Waals surface area contributed by atoms with E-state index < -0.39 is 6.10 Å². The molecule has 0 bridgehead atoms. The molecule has 0 aromatic carbocycles. The molecule has 2 rings (SSSR count). The van der Waals surface area contributed by atoms with E-state index in [2.05, 4.69) is 0 Å². The van der Waals surface area contributed by atoms with E-state index in [1.165, 1.54) is 43.1 Å². The van der Waals surface area contributed by atoms with Gasteiger partial charge in [-0.1, -0.05) is 12.8 Å². The standard InChI is InChI=1S/C12H17NO3S2/c1-8(14)11-6-10(13(15)16)12(18-11)17-7-9-4-2-3-5-9/h6,8-9,14H,2-5,7H2,1H3. The minimum absolute atomic E-state index is 0.152. The van der Waals surface area contributed by atoms with Crippen molar-refractivity contribution in [1.29, 1.82) is 0 Å². The second-order valence-electron chi connectivity index (χ2n) is 4.72. The van der Waals surface area contributed by atoms with Crippen LogP contribution in [0.3, 0.4) is 0 Å². The van der Waals surface area contributed by atoms with Crippen LogP contribution in [0.1, 0.15) is 43.6 Å². The lowest BCUT2D eigenvalue weighted by molar-refractivity contribution is -0.387. The molecule has 1 aromatic heterocycles. The van der Waals surface area contributed by atoms with Crippen LogP contribution in [0.2, 0.25) is 0 Å². The third-order valence-corrected chi connectivity index (χ3v) is 6.03. The van der Waals surface area contributed by atoms with E-state index in [1.807, 2.05) is 0 Å². The van der Waals surface area contributed by atoms with E-state index >= 15 is 0 Å². The lowest BCUT2D eigenvalue weighted by atomic mass is 10.1. The molecule has 1 atom stereocenters. The molecule has 1 unspecified atom stereocenters. The lowest BCUT2D eigenvalue weighted by Gasteiger charge is -2.06. The molecule has 1 aliphatic carbocycles. The molecule has 0 radical (unpaired) electrons. The number of hydrogen-bond acceptors (Lipinski definition) is 5. The van der Waals surface area contributed by atoms with Crippen LogP contribution >= 0.6 is 23.1 Å². The number of thiophene rings is 1. The second kappa shape index (κ2) is 6.04. The summed E-state index contributed by atoms with van der Waals surface area (Å²) in [6.07, 6.45) is 4.44. The summed E-state index contributed by atoms with van der Waals surface area (Å²) < 4.78 is 0.739. The van der Waals surface area contributed by atoms with Crippen molar-refractivity contribution in [2.75, 3.05) is 5.75 Å². The molecule has 1 aliphatic rings. The van der Waals surface area contributed by atoms with E-state index in [4.69, 9.17) is 0 Å². The minimum atomic E-state index is -0.630. The maximum absolute atomic E-state index is 11.0. The predicted molar refractivity (Wildman–Crippen MR) is 74.3 cm³/mol. The summed E-state index contributed by atoms with van der Waals surface area (Å²) in [5.41, 5.74) is 0.152. The fourth-order valence-corrected chi connectivity index (χ4v) is 4.71. The molecule has 1 fully saturated rings. The Labute approximate surface area is 115 Å². The van der Waals surface area contributed by atoms with Crippen molar-refractivity contribution in [3.05, 3.63) is 21.1 Å².